The second kappa shape index (κ2) is 7.98. The highest BCUT2D eigenvalue weighted by atomic mass is 35.5. The first-order chi connectivity index (χ1) is 13.1. The van der Waals surface area contributed by atoms with Gasteiger partial charge in [0.05, 0.1) is 0 Å². The summed E-state index contributed by atoms with van der Waals surface area (Å²) in [6.07, 6.45) is 4.86. The largest absolute Gasteiger partial charge is 0.477 e. The average Bonchev–Trinajstić information content (AvgIpc) is 3.22. The second-order valence-corrected chi connectivity index (χ2v) is 5.93. The number of carboxylic acids is 1. The lowest BCUT2D eigenvalue weighted by atomic mass is 10.1. The predicted molar refractivity (Wildman–Crippen MR) is 105 cm³/mol. The number of carboxylic acid groups (broad SMARTS) is 1. The first-order valence-corrected chi connectivity index (χ1v) is 8.25. The molecule has 1 aliphatic rings. The molecule has 4 rings (SSSR count). The molecule has 7 nitrogen and oxygen atoms in total. The lowest BCUT2D eigenvalue weighted by molar-refractivity contribution is -0.134. The quantitative estimate of drug-likeness (QED) is 0.451. The molecule has 0 spiro atoms. The zero-order chi connectivity index (χ0) is 18.8. The predicted octanol–water partition coefficient (Wildman–Crippen LogP) is 3.01. The maximum Gasteiger partial charge on any atom is 0.345 e. The summed E-state index contributed by atoms with van der Waals surface area (Å²) in [4.78, 5) is 31.3. The number of ketones is 1. The molecule has 0 aliphatic carbocycles. The van der Waals surface area contributed by atoms with Gasteiger partial charge in [-0.1, -0.05) is 30.3 Å². The Hall–Kier alpha value is -3.58. The number of hydrogen-bond acceptors (Lipinski definition) is 5. The lowest BCUT2D eigenvalue weighted by Gasteiger charge is -2.08. The fourth-order valence-corrected chi connectivity index (χ4v) is 2.86. The van der Waals surface area contributed by atoms with Gasteiger partial charge in [0.25, 0.3) is 0 Å². The average molecular weight is 398 g/mol. The third kappa shape index (κ3) is 3.60. The van der Waals surface area contributed by atoms with Gasteiger partial charge in [0, 0.05) is 29.9 Å². The molecule has 3 N–H and O–H groups in total. The number of rotatable bonds is 5. The maximum absolute atomic E-state index is 12.5. The van der Waals surface area contributed by atoms with E-state index in [1.165, 1.54) is 6.08 Å². The van der Waals surface area contributed by atoms with Gasteiger partial charge in [0.1, 0.15) is 5.65 Å². The van der Waals surface area contributed by atoms with Gasteiger partial charge < -0.3 is 20.1 Å². The van der Waals surface area contributed by atoms with Gasteiger partial charge in [-0.3, -0.25) is 4.79 Å². The number of carbonyl (C=O) groups excluding carboxylic acids is 1. The van der Waals surface area contributed by atoms with Crippen molar-refractivity contribution >= 4 is 41.3 Å². The number of fused-ring (bicyclic) bond motifs is 1. The van der Waals surface area contributed by atoms with E-state index in [-0.39, 0.29) is 24.0 Å². The molecular formula is C20H16ClN3O4. The number of halogens is 1. The molecule has 0 unspecified atom stereocenters. The van der Waals surface area contributed by atoms with Crippen LogP contribution in [0.25, 0.3) is 17.1 Å². The van der Waals surface area contributed by atoms with Crippen LogP contribution in [0.1, 0.15) is 11.1 Å². The summed E-state index contributed by atoms with van der Waals surface area (Å²) in [6, 6.07) is 13.0. The van der Waals surface area contributed by atoms with Crippen molar-refractivity contribution < 1.29 is 19.4 Å². The first kappa shape index (κ1) is 19.2. The molecule has 0 atom stereocenters. The molecule has 28 heavy (non-hydrogen) atoms. The molecule has 142 valence electrons. The van der Waals surface area contributed by atoms with Gasteiger partial charge in [-0.15, -0.1) is 12.4 Å². The summed E-state index contributed by atoms with van der Waals surface area (Å²) < 4.78 is 5.56. The van der Waals surface area contributed by atoms with Crippen molar-refractivity contribution in [3.8, 4) is 0 Å². The number of pyridine rings is 1. The maximum atomic E-state index is 12.5. The number of benzene rings is 1. The zero-order valence-electron chi connectivity index (χ0n) is 14.5. The number of nitrogens with one attached hydrogen (secondary N) is 2. The van der Waals surface area contributed by atoms with Crippen molar-refractivity contribution in [1.82, 2.24) is 15.3 Å². The Bertz CT molecular complexity index is 1100. The van der Waals surface area contributed by atoms with E-state index in [4.69, 9.17) is 4.74 Å². The van der Waals surface area contributed by atoms with Crippen LogP contribution in [0.3, 0.4) is 0 Å². The molecule has 8 heteroatoms. The molecular weight excluding hydrogens is 382 g/mol. The Labute approximate surface area is 166 Å². The molecule has 1 aliphatic heterocycles. The number of aromatic nitrogens is 2. The lowest BCUT2D eigenvalue weighted by Crippen LogP contribution is -2.17. The number of Topliss-reactive ketones (excluding diaryl/α,β-unsaturated/α-hetero) is 1. The summed E-state index contributed by atoms with van der Waals surface area (Å²) in [5.41, 5.74) is 1.89. The van der Waals surface area contributed by atoms with Gasteiger partial charge in [-0.2, -0.15) is 0 Å². The molecule has 0 radical (unpaired) electrons. The Morgan fingerprint density at radius 1 is 1.21 bits per heavy atom. The number of aromatic amines is 1. The van der Waals surface area contributed by atoms with E-state index >= 15 is 0 Å². The molecule has 3 heterocycles. The molecule has 0 saturated carbocycles. The van der Waals surface area contributed by atoms with Crippen LogP contribution in [-0.4, -0.2) is 26.8 Å². The molecule has 0 amide bonds. The van der Waals surface area contributed by atoms with Gasteiger partial charge in [0.15, 0.2) is 11.3 Å². The van der Waals surface area contributed by atoms with Crippen LogP contribution in [0.4, 0.5) is 0 Å². The van der Waals surface area contributed by atoms with Crippen molar-refractivity contribution in [2.24, 2.45) is 0 Å². The van der Waals surface area contributed by atoms with Crippen LogP contribution in [0.15, 0.2) is 72.1 Å². The van der Waals surface area contributed by atoms with Crippen molar-refractivity contribution in [3.05, 3.63) is 83.2 Å². The summed E-state index contributed by atoms with van der Waals surface area (Å²) in [6.45, 7) is 0.338. The number of carbonyl (C=O) groups is 2. The second-order valence-electron chi connectivity index (χ2n) is 5.93. The number of H-pyrrole nitrogens is 1. The van der Waals surface area contributed by atoms with Gasteiger partial charge >= 0.3 is 5.97 Å². The summed E-state index contributed by atoms with van der Waals surface area (Å²) in [5, 5.41) is 13.1. The van der Waals surface area contributed by atoms with E-state index < -0.39 is 17.3 Å². The highest BCUT2D eigenvalue weighted by Gasteiger charge is 2.35. The van der Waals surface area contributed by atoms with Crippen molar-refractivity contribution in [2.75, 3.05) is 0 Å². The van der Waals surface area contributed by atoms with Crippen molar-refractivity contribution in [1.29, 1.82) is 0 Å². The zero-order valence-corrected chi connectivity index (χ0v) is 15.3. The first-order valence-electron chi connectivity index (χ1n) is 8.25. The Kier molecular flexibility index (Phi) is 5.47. The summed E-state index contributed by atoms with van der Waals surface area (Å²) >= 11 is 0. The Morgan fingerprint density at radius 3 is 2.75 bits per heavy atom. The van der Waals surface area contributed by atoms with Crippen LogP contribution in [0.5, 0.6) is 0 Å². The van der Waals surface area contributed by atoms with E-state index in [0.29, 0.717) is 17.8 Å². The number of allylic oxidation sites excluding steroid dienone is 1. The van der Waals surface area contributed by atoms with Gasteiger partial charge in [-0.05, 0) is 23.8 Å². The Balaban J connectivity index is 0.00000225. The number of nitrogens with zero attached hydrogens (tertiary/aromatic N) is 1. The monoisotopic (exact) mass is 397 g/mol. The number of aliphatic carboxylic acids is 1. The Morgan fingerprint density at radius 2 is 2.00 bits per heavy atom. The molecule has 1 aromatic carbocycles. The highest BCUT2D eigenvalue weighted by molar-refractivity contribution is 6.26. The normalized spacial score (nSPS) is 14.9. The van der Waals surface area contributed by atoms with Crippen LogP contribution < -0.4 is 5.32 Å². The smallest absolute Gasteiger partial charge is 0.345 e. The number of hydrogen-bond donors (Lipinski definition) is 3. The van der Waals surface area contributed by atoms with Crippen LogP contribution >= 0.6 is 12.4 Å². The van der Waals surface area contributed by atoms with Gasteiger partial charge in [-0.25, -0.2) is 9.78 Å². The fraction of sp³-hybridized carbons (Fsp3) is 0.0500. The standard InChI is InChI=1S/C20H15N3O4.ClH/c24-17-15(9-13-11-22-18-14(13)7-4-8-21-18)27-19(16(17)20(25)26)23-10-12-5-2-1-3-6-12;/h1-9,11,23H,10H2,(H,21,22)(H,25,26);1H. The minimum Gasteiger partial charge on any atom is -0.477 e. The van der Waals surface area contributed by atoms with E-state index in [1.54, 1.807) is 18.5 Å². The van der Waals surface area contributed by atoms with Crippen LogP contribution in [0.2, 0.25) is 0 Å². The van der Waals surface area contributed by atoms with Crippen molar-refractivity contribution in [2.45, 2.75) is 6.54 Å². The SMILES string of the molecule is Cl.O=C(O)C1=C(NCc2ccccc2)OC(=Cc2c[nH]c3ncccc23)C1=O. The minimum absolute atomic E-state index is 0. The van der Waals surface area contributed by atoms with Crippen LogP contribution in [-0.2, 0) is 20.9 Å². The molecule has 0 saturated heterocycles. The van der Waals surface area contributed by atoms with E-state index in [0.717, 1.165) is 10.9 Å². The summed E-state index contributed by atoms with van der Waals surface area (Å²) in [7, 11) is 0. The van der Waals surface area contributed by atoms with E-state index in [2.05, 4.69) is 15.3 Å². The summed E-state index contributed by atoms with van der Waals surface area (Å²) in [5.74, 6) is -2.11. The molecule has 0 bridgehead atoms. The molecule has 0 fully saturated rings. The van der Waals surface area contributed by atoms with Gasteiger partial charge in [0.2, 0.25) is 11.7 Å². The molecule has 2 aromatic heterocycles. The number of ether oxygens (including phenoxy) is 1. The van der Waals surface area contributed by atoms with E-state index in [1.807, 2.05) is 36.4 Å². The van der Waals surface area contributed by atoms with E-state index in [9.17, 15) is 14.7 Å². The minimum atomic E-state index is -1.33. The molecule has 3 aromatic rings. The fourth-order valence-electron chi connectivity index (χ4n) is 2.86. The van der Waals surface area contributed by atoms with Crippen molar-refractivity contribution in [3.63, 3.8) is 0 Å². The third-order valence-corrected chi connectivity index (χ3v) is 4.17. The highest BCUT2D eigenvalue weighted by Crippen LogP contribution is 2.27. The third-order valence-electron chi connectivity index (χ3n) is 4.17. The van der Waals surface area contributed by atoms with Crippen LogP contribution in [0, 0.1) is 0 Å². The topological polar surface area (TPSA) is 104 Å².